The molecule has 1 aromatic carbocycles. The molecule has 1 saturated heterocycles. The predicted octanol–water partition coefficient (Wildman–Crippen LogP) is 5.59. The molecule has 40 heavy (non-hydrogen) atoms. The van der Waals surface area contributed by atoms with Crippen LogP contribution in [0.2, 0.25) is 0 Å². The van der Waals surface area contributed by atoms with Gasteiger partial charge in [-0.05, 0) is 75.8 Å². The Morgan fingerprint density at radius 3 is 2.20 bits per heavy atom. The number of thiophene rings is 1. The van der Waals surface area contributed by atoms with Gasteiger partial charge in [-0.3, -0.25) is 14.5 Å². The van der Waals surface area contributed by atoms with Crippen LogP contribution >= 0.6 is 11.3 Å². The SMILES string of the molecule is CCCCN(CCCC)S(=O)(=O)c1ccc(C(=O)Nc2sc3c(c2C(=O)N2CCCC2)CCN(C(C)C)C3)cc1. The average molecular weight is 589 g/mol. The maximum Gasteiger partial charge on any atom is 0.257 e. The van der Waals surface area contributed by atoms with E-state index in [-0.39, 0.29) is 16.7 Å². The molecule has 8 nitrogen and oxygen atoms in total. The zero-order valence-corrected chi connectivity index (χ0v) is 26.0. The number of benzene rings is 1. The number of nitrogens with one attached hydrogen (secondary N) is 1. The van der Waals surface area contributed by atoms with Crippen LogP contribution in [-0.2, 0) is 23.0 Å². The standard InChI is InChI=1S/C30H44N4O4S2/c1-5-7-18-34(19-8-6-2)40(37,38)24-13-11-23(12-14-24)28(35)31-29-27(30(36)32-16-9-10-17-32)25-15-20-33(22(3)4)21-26(25)39-29/h11-14,22H,5-10,15-21H2,1-4H3,(H,31,35). The van der Waals surface area contributed by atoms with Crippen molar-refractivity contribution < 1.29 is 18.0 Å². The fraction of sp³-hybridized carbons (Fsp3) is 0.600. The number of carbonyl (C=O) groups excluding carboxylic acids is 2. The van der Waals surface area contributed by atoms with Crippen molar-refractivity contribution in [3.8, 4) is 0 Å². The summed E-state index contributed by atoms with van der Waals surface area (Å²) in [5, 5.41) is 3.62. The highest BCUT2D eigenvalue weighted by Crippen LogP contribution is 2.39. The number of unbranched alkanes of at least 4 members (excludes halogenated alkanes) is 2. The first-order valence-corrected chi connectivity index (χ1v) is 17.0. The van der Waals surface area contributed by atoms with Crippen LogP contribution in [0.3, 0.4) is 0 Å². The van der Waals surface area contributed by atoms with Crippen molar-refractivity contribution >= 4 is 38.2 Å². The molecule has 4 rings (SSSR count). The first-order valence-electron chi connectivity index (χ1n) is 14.8. The lowest BCUT2D eigenvalue weighted by Crippen LogP contribution is -2.36. The second-order valence-electron chi connectivity index (χ2n) is 11.1. The molecule has 2 amide bonds. The van der Waals surface area contributed by atoms with Gasteiger partial charge in [0.1, 0.15) is 5.00 Å². The molecule has 0 atom stereocenters. The highest BCUT2D eigenvalue weighted by molar-refractivity contribution is 7.89. The molecule has 2 aliphatic heterocycles. The summed E-state index contributed by atoms with van der Waals surface area (Å²) < 4.78 is 28.2. The third-order valence-corrected chi connectivity index (χ3v) is 11.0. The van der Waals surface area contributed by atoms with Crippen molar-refractivity contribution in [3.05, 3.63) is 45.8 Å². The van der Waals surface area contributed by atoms with E-state index in [1.807, 2.05) is 18.7 Å². The van der Waals surface area contributed by atoms with Crippen molar-refractivity contribution in [1.82, 2.24) is 14.1 Å². The number of amides is 2. The smallest absolute Gasteiger partial charge is 0.257 e. The summed E-state index contributed by atoms with van der Waals surface area (Å²) >= 11 is 1.50. The summed E-state index contributed by atoms with van der Waals surface area (Å²) in [6.07, 6.45) is 6.24. The lowest BCUT2D eigenvalue weighted by atomic mass is 10.0. The monoisotopic (exact) mass is 588 g/mol. The summed E-state index contributed by atoms with van der Waals surface area (Å²) in [5.41, 5.74) is 2.07. The minimum atomic E-state index is -3.64. The highest BCUT2D eigenvalue weighted by Gasteiger charge is 2.32. The largest absolute Gasteiger partial charge is 0.339 e. The second-order valence-corrected chi connectivity index (χ2v) is 14.2. The number of likely N-dealkylation sites (tertiary alicyclic amines) is 1. The number of carbonyl (C=O) groups is 2. The van der Waals surface area contributed by atoms with Crippen LogP contribution < -0.4 is 5.32 Å². The molecular formula is C30H44N4O4S2. The maximum atomic E-state index is 13.6. The third-order valence-electron chi connectivity index (χ3n) is 7.93. The van der Waals surface area contributed by atoms with Gasteiger partial charge >= 0.3 is 0 Å². The second kappa shape index (κ2) is 13.6. The van der Waals surface area contributed by atoms with Crippen LogP contribution in [0, 0.1) is 0 Å². The van der Waals surface area contributed by atoms with Crippen molar-refractivity contribution in [2.75, 3.05) is 38.0 Å². The van der Waals surface area contributed by atoms with Crippen LogP contribution in [0.1, 0.15) is 97.4 Å². The van der Waals surface area contributed by atoms with Crippen molar-refractivity contribution in [1.29, 1.82) is 0 Å². The van der Waals surface area contributed by atoms with Crippen LogP contribution in [-0.4, -0.2) is 73.1 Å². The molecule has 0 unspecified atom stereocenters. The molecule has 10 heteroatoms. The van der Waals surface area contributed by atoms with Gasteiger partial charge in [0.25, 0.3) is 11.8 Å². The molecular weight excluding hydrogens is 544 g/mol. The lowest BCUT2D eigenvalue weighted by molar-refractivity contribution is 0.0792. The quantitative estimate of drug-likeness (QED) is 0.349. The Kier molecular flexibility index (Phi) is 10.4. The third kappa shape index (κ3) is 6.78. The van der Waals surface area contributed by atoms with Crippen LogP contribution in [0.25, 0.3) is 0 Å². The topological polar surface area (TPSA) is 90.0 Å². The van der Waals surface area contributed by atoms with Gasteiger partial charge in [-0.1, -0.05) is 26.7 Å². The number of rotatable bonds is 12. The van der Waals surface area contributed by atoms with Gasteiger partial charge < -0.3 is 10.2 Å². The van der Waals surface area contributed by atoms with Crippen LogP contribution in [0.4, 0.5) is 5.00 Å². The molecule has 0 bridgehead atoms. The Morgan fingerprint density at radius 1 is 1.00 bits per heavy atom. The number of hydrogen-bond donors (Lipinski definition) is 1. The minimum Gasteiger partial charge on any atom is -0.339 e. The molecule has 2 aliphatic rings. The number of sulfonamides is 1. The minimum absolute atomic E-state index is 0.00369. The van der Waals surface area contributed by atoms with Gasteiger partial charge in [-0.2, -0.15) is 4.31 Å². The predicted molar refractivity (Wildman–Crippen MR) is 162 cm³/mol. The first-order chi connectivity index (χ1) is 19.2. The Labute approximate surface area is 243 Å². The van der Waals surface area contributed by atoms with E-state index in [0.29, 0.717) is 35.3 Å². The van der Waals surface area contributed by atoms with E-state index in [1.165, 1.54) is 23.5 Å². The Morgan fingerprint density at radius 2 is 1.62 bits per heavy atom. The number of fused-ring (bicyclic) bond motifs is 1. The molecule has 1 aromatic heterocycles. The van der Waals surface area contributed by atoms with Gasteiger partial charge in [-0.15, -0.1) is 11.3 Å². The van der Waals surface area contributed by atoms with E-state index in [0.717, 1.165) is 81.6 Å². The Bertz CT molecular complexity index is 1270. The van der Waals surface area contributed by atoms with E-state index < -0.39 is 10.0 Å². The van der Waals surface area contributed by atoms with Gasteiger partial charge in [0.15, 0.2) is 0 Å². The zero-order valence-electron chi connectivity index (χ0n) is 24.4. The Balaban J connectivity index is 1.57. The van der Waals surface area contributed by atoms with E-state index in [1.54, 1.807) is 16.4 Å². The van der Waals surface area contributed by atoms with Crippen molar-refractivity contribution in [3.63, 3.8) is 0 Å². The average Bonchev–Trinajstić information content (AvgIpc) is 3.60. The first kappa shape index (κ1) is 30.7. The normalized spacial score (nSPS) is 16.1. The van der Waals surface area contributed by atoms with E-state index in [2.05, 4.69) is 24.1 Å². The van der Waals surface area contributed by atoms with Gasteiger partial charge in [0.05, 0.1) is 10.5 Å². The van der Waals surface area contributed by atoms with E-state index in [4.69, 9.17) is 0 Å². The van der Waals surface area contributed by atoms with E-state index in [9.17, 15) is 18.0 Å². The molecule has 3 heterocycles. The maximum absolute atomic E-state index is 13.6. The molecule has 2 aromatic rings. The number of hydrogen-bond acceptors (Lipinski definition) is 6. The molecule has 0 radical (unpaired) electrons. The number of anilines is 1. The molecule has 0 aliphatic carbocycles. The summed E-state index contributed by atoms with van der Waals surface area (Å²) in [4.78, 5) is 32.6. The van der Waals surface area contributed by atoms with Crippen molar-refractivity contribution in [2.24, 2.45) is 0 Å². The molecule has 1 N–H and O–H groups in total. The van der Waals surface area contributed by atoms with Crippen LogP contribution in [0.5, 0.6) is 0 Å². The van der Waals surface area contributed by atoms with Crippen LogP contribution in [0.15, 0.2) is 29.2 Å². The van der Waals surface area contributed by atoms with Gasteiger partial charge in [0.2, 0.25) is 10.0 Å². The summed E-state index contributed by atoms with van der Waals surface area (Å²) in [5.74, 6) is -0.337. The Hall–Kier alpha value is -2.27. The fourth-order valence-corrected chi connectivity index (χ4v) is 8.16. The number of nitrogens with zero attached hydrogens (tertiary/aromatic N) is 3. The van der Waals surface area contributed by atoms with Gasteiger partial charge in [0, 0.05) is 55.8 Å². The van der Waals surface area contributed by atoms with E-state index >= 15 is 0 Å². The zero-order chi connectivity index (χ0) is 28.9. The summed E-state index contributed by atoms with van der Waals surface area (Å²) in [7, 11) is -3.64. The molecule has 1 fully saturated rings. The summed E-state index contributed by atoms with van der Waals surface area (Å²) in [6, 6.07) is 6.57. The molecule has 0 saturated carbocycles. The molecule has 220 valence electrons. The van der Waals surface area contributed by atoms with Gasteiger partial charge in [-0.25, -0.2) is 8.42 Å². The fourth-order valence-electron chi connectivity index (χ4n) is 5.38. The lowest BCUT2D eigenvalue weighted by Gasteiger charge is -2.30. The van der Waals surface area contributed by atoms with Crippen molar-refractivity contribution in [2.45, 2.75) is 90.1 Å². The highest BCUT2D eigenvalue weighted by atomic mass is 32.2. The molecule has 0 spiro atoms. The summed E-state index contributed by atoms with van der Waals surface area (Å²) in [6.45, 7) is 12.6.